The summed E-state index contributed by atoms with van der Waals surface area (Å²) in [7, 11) is 0. The van der Waals surface area contributed by atoms with Crippen molar-refractivity contribution in [1.29, 1.82) is 0 Å². The first-order valence-corrected chi connectivity index (χ1v) is 5.07. The maximum absolute atomic E-state index is 2.47. The molecule has 4 atom stereocenters. The van der Waals surface area contributed by atoms with Crippen molar-refractivity contribution in [2.24, 2.45) is 23.2 Å². The number of fused-ring (bicyclic) bond motifs is 5. The number of rotatable bonds is 0. The van der Waals surface area contributed by atoms with E-state index in [4.69, 9.17) is 0 Å². The van der Waals surface area contributed by atoms with E-state index < -0.39 is 0 Å². The summed E-state index contributed by atoms with van der Waals surface area (Å²) in [6.45, 7) is 4.77. The molecule has 0 nitrogen and oxygen atoms in total. The smallest absolute Gasteiger partial charge is 0.00724 e. The number of hydrogen-bond donors (Lipinski definition) is 0. The van der Waals surface area contributed by atoms with Gasteiger partial charge < -0.3 is 0 Å². The first kappa shape index (κ1) is 6.94. The molecule has 0 amide bonds. The second-order valence-electron chi connectivity index (χ2n) is 5.06. The lowest BCUT2D eigenvalue weighted by molar-refractivity contribution is 0.304. The van der Waals surface area contributed by atoms with Crippen molar-refractivity contribution in [3.63, 3.8) is 0 Å². The van der Waals surface area contributed by atoms with Crippen LogP contribution in [-0.2, 0) is 0 Å². The van der Waals surface area contributed by atoms with Crippen LogP contribution in [0.3, 0.4) is 0 Å². The van der Waals surface area contributed by atoms with E-state index in [0.717, 1.165) is 17.8 Å². The second kappa shape index (κ2) is 1.86. The molecule has 0 N–H and O–H groups in total. The van der Waals surface area contributed by atoms with Crippen molar-refractivity contribution < 1.29 is 0 Å². The molecule has 2 unspecified atom stereocenters. The van der Waals surface area contributed by atoms with Gasteiger partial charge in [0.15, 0.2) is 0 Å². The van der Waals surface area contributed by atoms with Gasteiger partial charge in [-0.3, -0.25) is 0 Å². The zero-order valence-corrected chi connectivity index (χ0v) is 7.88. The van der Waals surface area contributed by atoms with Crippen LogP contribution in [0.15, 0.2) is 23.8 Å². The van der Waals surface area contributed by atoms with Gasteiger partial charge in [0.2, 0.25) is 0 Å². The fourth-order valence-corrected chi connectivity index (χ4v) is 3.87. The summed E-state index contributed by atoms with van der Waals surface area (Å²) < 4.78 is 0. The predicted molar refractivity (Wildman–Crippen MR) is 50.7 cm³/mol. The predicted octanol–water partition coefficient (Wildman–Crippen LogP) is 3.16. The summed E-state index contributed by atoms with van der Waals surface area (Å²) in [5, 5.41) is 0. The quantitative estimate of drug-likeness (QED) is 0.477. The average molecular weight is 160 g/mol. The van der Waals surface area contributed by atoms with Crippen LogP contribution in [0.25, 0.3) is 0 Å². The lowest BCUT2D eigenvalue weighted by Gasteiger charge is -2.30. The summed E-state index contributed by atoms with van der Waals surface area (Å²) in [4.78, 5) is 0. The molecule has 3 aliphatic carbocycles. The van der Waals surface area contributed by atoms with Crippen molar-refractivity contribution in [1.82, 2.24) is 0 Å². The molecule has 3 rings (SSSR count). The largest absolute Gasteiger partial charge is 0.0850 e. The van der Waals surface area contributed by atoms with Crippen LogP contribution in [0.5, 0.6) is 0 Å². The molecule has 0 aliphatic heterocycles. The highest BCUT2D eigenvalue weighted by Gasteiger charge is 2.53. The molecule has 0 heteroatoms. The Morgan fingerprint density at radius 1 is 1.50 bits per heavy atom. The molecule has 0 spiro atoms. The van der Waals surface area contributed by atoms with Gasteiger partial charge in [-0.05, 0) is 42.9 Å². The van der Waals surface area contributed by atoms with Gasteiger partial charge in [0.25, 0.3) is 0 Å². The summed E-state index contributed by atoms with van der Waals surface area (Å²) >= 11 is 0. The van der Waals surface area contributed by atoms with Crippen LogP contribution in [0, 0.1) is 23.2 Å². The minimum Gasteiger partial charge on any atom is -0.0850 e. The highest BCUT2D eigenvalue weighted by molar-refractivity contribution is 5.31. The fourth-order valence-electron chi connectivity index (χ4n) is 3.87. The lowest BCUT2D eigenvalue weighted by Crippen LogP contribution is -2.23. The van der Waals surface area contributed by atoms with Gasteiger partial charge in [-0.2, -0.15) is 0 Å². The summed E-state index contributed by atoms with van der Waals surface area (Å²) in [5.41, 5.74) is 2.20. The third kappa shape index (κ3) is 0.608. The minimum absolute atomic E-state index is 0.534. The van der Waals surface area contributed by atoms with E-state index in [2.05, 4.69) is 32.1 Å². The van der Waals surface area contributed by atoms with Gasteiger partial charge in [-0.25, -0.2) is 0 Å². The van der Waals surface area contributed by atoms with Crippen molar-refractivity contribution in [3.05, 3.63) is 23.8 Å². The molecule has 0 aromatic carbocycles. The molecule has 12 heavy (non-hydrogen) atoms. The van der Waals surface area contributed by atoms with Crippen molar-refractivity contribution in [3.8, 4) is 0 Å². The Morgan fingerprint density at radius 3 is 3.08 bits per heavy atom. The Kier molecular flexibility index (Phi) is 1.08. The summed E-state index contributed by atoms with van der Waals surface area (Å²) in [5.74, 6) is 2.78. The zero-order chi connectivity index (χ0) is 8.34. The Morgan fingerprint density at radius 2 is 2.33 bits per heavy atom. The van der Waals surface area contributed by atoms with Crippen molar-refractivity contribution in [2.75, 3.05) is 0 Å². The highest BCUT2D eigenvalue weighted by atomic mass is 14.6. The molecule has 64 valence electrons. The molecule has 0 aromatic heterocycles. The molecule has 3 aliphatic rings. The standard InChI is InChI=1S/C12H16/c1-8-3-4-10-9-5-6-12(2,7-9)11(8)10/h3,5-6,9-11H,4,7H2,1-2H3/t9-,10?,11?,12+/m1/s1. The first-order valence-electron chi connectivity index (χ1n) is 5.07. The Bertz CT molecular complexity index is 284. The molecule has 2 bridgehead atoms. The molecular weight excluding hydrogens is 144 g/mol. The SMILES string of the molecule is CC1=CCC2C1[C@@]1(C)C=C[C@@H]2C1. The van der Waals surface area contributed by atoms with Gasteiger partial charge >= 0.3 is 0 Å². The van der Waals surface area contributed by atoms with Crippen LogP contribution >= 0.6 is 0 Å². The average Bonchev–Trinajstić information content (AvgIpc) is 2.61. The van der Waals surface area contributed by atoms with E-state index >= 15 is 0 Å². The minimum atomic E-state index is 0.534. The van der Waals surface area contributed by atoms with E-state index in [-0.39, 0.29) is 0 Å². The first-order chi connectivity index (χ1) is 5.71. The molecule has 1 saturated carbocycles. The Labute approximate surface area is 74.4 Å². The van der Waals surface area contributed by atoms with Crippen molar-refractivity contribution >= 4 is 0 Å². The van der Waals surface area contributed by atoms with Gasteiger partial charge in [-0.1, -0.05) is 30.7 Å². The fraction of sp³-hybridized carbons (Fsp3) is 0.667. The second-order valence-corrected chi connectivity index (χ2v) is 5.06. The van der Waals surface area contributed by atoms with E-state index in [1.165, 1.54) is 12.8 Å². The molecule has 0 aromatic rings. The van der Waals surface area contributed by atoms with Gasteiger partial charge in [0.05, 0.1) is 0 Å². The maximum Gasteiger partial charge on any atom is -0.00724 e. The topological polar surface area (TPSA) is 0 Å². The summed E-state index contributed by atoms with van der Waals surface area (Å²) in [6, 6.07) is 0. The molecule has 1 fully saturated rings. The molecule has 0 saturated heterocycles. The maximum atomic E-state index is 2.47. The molecule has 0 radical (unpaired) electrons. The lowest BCUT2D eigenvalue weighted by atomic mass is 9.74. The van der Waals surface area contributed by atoms with Crippen LogP contribution < -0.4 is 0 Å². The number of allylic oxidation sites excluding steroid dienone is 4. The monoisotopic (exact) mass is 160 g/mol. The van der Waals surface area contributed by atoms with E-state index in [1.807, 2.05) is 0 Å². The normalized spacial score (nSPS) is 54.5. The van der Waals surface area contributed by atoms with E-state index in [9.17, 15) is 0 Å². The highest BCUT2D eigenvalue weighted by Crippen LogP contribution is 2.62. The van der Waals surface area contributed by atoms with E-state index in [0.29, 0.717) is 5.41 Å². The Balaban J connectivity index is 2.09. The summed E-state index contributed by atoms with van der Waals surface area (Å²) in [6.07, 6.45) is 10.2. The van der Waals surface area contributed by atoms with E-state index in [1.54, 1.807) is 5.57 Å². The third-order valence-corrected chi connectivity index (χ3v) is 4.29. The molecular formula is C12H16. The van der Waals surface area contributed by atoms with Crippen LogP contribution in [0.2, 0.25) is 0 Å². The Hall–Kier alpha value is -0.520. The van der Waals surface area contributed by atoms with Crippen LogP contribution in [0.1, 0.15) is 26.7 Å². The van der Waals surface area contributed by atoms with Gasteiger partial charge in [0.1, 0.15) is 0 Å². The van der Waals surface area contributed by atoms with Crippen molar-refractivity contribution in [2.45, 2.75) is 26.7 Å². The zero-order valence-electron chi connectivity index (χ0n) is 7.88. The third-order valence-electron chi connectivity index (χ3n) is 4.29. The number of hydrogen-bond acceptors (Lipinski definition) is 0. The van der Waals surface area contributed by atoms with Crippen LogP contribution in [0.4, 0.5) is 0 Å². The molecule has 0 heterocycles. The van der Waals surface area contributed by atoms with Crippen LogP contribution in [-0.4, -0.2) is 0 Å². The van der Waals surface area contributed by atoms with Gasteiger partial charge in [-0.15, -0.1) is 0 Å². The van der Waals surface area contributed by atoms with Gasteiger partial charge in [0, 0.05) is 0 Å².